The minimum atomic E-state index is -1.04. The van der Waals surface area contributed by atoms with Gasteiger partial charge in [-0.15, -0.1) is 6.42 Å². The molecule has 0 aromatic rings. The second-order valence-corrected chi connectivity index (χ2v) is 7.57. The summed E-state index contributed by atoms with van der Waals surface area (Å²) < 4.78 is 20.8. The van der Waals surface area contributed by atoms with E-state index < -0.39 is 11.9 Å². The SMILES string of the molecule is C#CCOCCOCCOCCOCCC.O=CN1CCN(CCN(CC(=O)O)CC(=O)O)CC1. The summed E-state index contributed by atoms with van der Waals surface area (Å²) >= 11 is 0. The predicted molar refractivity (Wildman–Crippen MR) is 128 cm³/mol. The first-order valence-electron chi connectivity index (χ1n) is 11.7. The lowest BCUT2D eigenvalue weighted by atomic mass is 10.3. The average Bonchev–Trinajstić information content (AvgIpc) is 2.83. The van der Waals surface area contributed by atoms with Gasteiger partial charge in [0, 0.05) is 45.9 Å². The Morgan fingerprint density at radius 1 is 0.886 bits per heavy atom. The van der Waals surface area contributed by atoms with Crippen LogP contribution in [0.3, 0.4) is 0 Å². The quantitative estimate of drug-likeness (QED) is 0.124. The Morgan fingerprint density at radius 3 is 1.80 bits per heavy atom. The highest BCUT2D eigenvalue weighted by Crippen LogP contribution is 2.00. The zero-order valence-corrected chi connectivity index (χ0v) is 20.8. The van der Waals surface area contributed by atoms with E-state index in [1.165, 1.54) is 4.90 Å². The van der Waals surface area contributed by atoms with Gasteiger partial charge in [-0.25, -0.2) is 0 Å². The molecule has 1 saturated heterocycles. The lowest BCUT2D eigenvalue weighted by Gasteiger charge is -2.33. The molecule has 12 nitrogen and oxygen atoms in total. The number of carboxylic acids is 2. The number of amides is 1. The van der Waals surface area contributed by atoms with Crippen LogP contribution in [-0.4, -0.2) is 148 Å². The third-order valence-electron chi connectivity index (χ3n) is 4.66. The number of ether oxygens (including phenoxy) is 4. The number of aliphatic carboxylic acids is 2. The first-order chi connectivity index (χ1) is 16.9. The molecule has 0 radical (unpaired) electrons. The largest absolute Gasteiger partial charge is 0.480 e. The van der Waals surface area contributed by atoms with E-state index in [1.54, 1.807) is 4.90 Å². The van der Waals surface area contributed by atoms with Gasteiger partial charge < -0.3 is 34.1 Å². The molecule has 12 heteroatoms. The highest BCUT2D eigenvalue weighted by Gasteiger charge is 2.18. The number of hydrogen-bond donors (Lipinski definition) is 2. The lowest BCUT2D eigenvalue weighted by molar-refractivity contribution is -0.142. The van der Waals surface area contributed by atoms with Crippen LogP contribution in [0.15, 0.2) is 0 Å². The highest BCUT2D eigenvalue weighted by atomic mass is 16.6. The number of piperazine rings is 1. The van der Waals surface area contributed by atoms with Crippen molar-refractivity contribution >= 4 is 18.3 Å². The van der Waals surface area contributed by atoms with Crippen LogP contribution >= 0.6 is 0 Å². The fraction of sp³-hybridized carbons (Fsp3) is 0.783. The zero-order valence-electron chi connectivity index (χ0n) is 20.8. The number of terminal acetylenes is 1. The van der Waals surface area contributed by atoms with E-state index in [4.69, 9.17) is 35.6 Å². The molecule has 202 valence electrons. The van der Waals surface area contributed by atoms with E-state index in [1.807, 2.05) is 0 Å². The van der Waals surface area contributed by atoms with E-state index in [-0.39, 0.29) is 13.1 Å². The fourth-order valence-electron chi connectivity index (χ4n) is 2.91. The van der Waals surface area contributed by atoms with Gasteiger partial charge in [-0.05, 0) is 6.42 Å². The van der Waals surface area contributed by atoms with Crippen molar-refractivity contribution < 1.29 is 43.5 Å². The van der Waals surface area contributed by atoms with Crippen molar-refractivity contribution in [3.63, 3.8) is 0 Å². The number of carboxylic acid groups (broad SMARTS) is 2. The maximum absolute atomic E-state index is 10.6. The van der Waals surface area contributed by atoms with Crippen LogP contribution in [-0.2, 0) is 33.3 Å². The molecule has 1 heterocycles. The number of carbonyl (C=O) groups is 3. The molecule has 1 fully saturated rings. The van der Waals surface area contributed by atoms with Gasteiger partial charge in [0.2, 0.25) is 6.41 Å². The van der Waals surface area contributed by atoms with Gasteiger partial charge in [-0.2, -0.15) is 0 Å². The Labute approximate surface area is 208 Å². The van der Waals surface area contributed by atoms with E-state index in [0.717, 1.165) is 32.5 Å². The Kier molecular flexibility index (Phi) is 21.9. The molecule has 1 rings (SSSR count). The maximum atomic E-state index is 10.6. The van der Waals surface area contributed by atoms with Crippen molar-refractivity contribution in [1.82, 2.24) is 14.7 Å². The summed E-state index contributed by atoms with van der Waals surface area (Å²) in [5.41, 5.74) is 0. The monoisotopic (exact) mass is 503 g/mol. The highest BCUT2D eigenvalue weighted by molar-refractivity contribution is 5.72. The van der Waals surface area contributed by atoms with Crippen molar-refractivity contribution in [3.8, 4) is 12.3 Å². The van der Waals surface area contributed by atoms with Crippen LogP contribution in [0.2, 0.25) is 0 Å². The fourth-order valence-corrected chi connectivity index (χ4v) is 2.91. The number of carbonyl (C=O) groups excluding carboxylic acids is 1. The Bertz CT molecular complexity index is 577. The van der Waals surface area contributed by atoms with Gasteiger partial charge >= 0.3 is 11.9 Å². The number of hydrogen-bond acceptors (Lipinski definition) is 9. The average molecular weight is 504 g/mol. The summed E-state index contributed by atoms with van der Waals surface area (Å²) in [6.07, 6.45) is 6.87. The minimum absolute atomic E-state index is 0.277. The van der Waals surface area contributed by atoms with Crippen LogP contribution in [0.1, 0.15) is 13.3 Å². The molecule has 0 bridgehead atoms. The topological polar surface area (TPSA) is 138 Å². The molecular weight excluding hydrogens is 462 g/mol. The van der Waals surface area contributed by atoms with Crippen LogP contribution < -0.4 is 0 Å². The molecule has 35 heavy (non-hydrogen) atoms. The van der Waals surface area contributed by atoms with Crippen molar-refractivity contribution in [2.24, 2.45) is 0 Å². The molecule has 1 aliphatic heterocycles. The molecule has 1 amide bonds. The first-order valence-corrected chi connectivity index (χ1v) is 11.7. The molecule has 1 aliphatic rings. The van der Waals surface area contributed by atoms with Crippen molar-refractivity contribution in [3.05, 3.63) is 0 Å². The number of rotatable bonds is 20. The van der Waals surface area contributed by atoms with E-state index >= 15 is 0 Å². The molecule has 0 atom stereocenters. The van der Waals surface area contributed by atoms with Crippen molar-refractivity contribution in [2.75, 3.05) is 105 Å². The summed E-state index contributed by atoms with van der Waals surface area (Å²) in [5, 5.41) is 17.4. The molecule has 2 N–H and O–H groups in total. The lowest BCUT2D eigenvalue weighted by Crippen LogP contribution is -2.48. The maximum Gasteiger partial charge on any atom is 0.317 e. The summed E-state index contributed by atoms with van der Waals surface area (Å²) in [5.74, 6) is 0.317. The Morgan fingerprint density at radius 2 is 1.37 bits per heavy atom. The molecule has 0 unspecified atom stereocenters. The summed E-state index contributed by atoms with van der Waals surface area (Å²) in [7, 11) is 0. The minimum Gasteiger partial charge on any atom is -0.480 e. The second kappa shape index (κ2) is 23.5. The number of nitrogens with zero attached hydrogens (tertiary/aromatic N) is 3. The van der Waals surface area contributed by atoms with Crippen LogP contribution in [0, 0.1) is 12.3 Å². The second-order valence-electron chi connectivity index (χ2n) is 7.57. The van der Waals surface area contributed by atoms with Gasteiger partial charge in [-0.3, -0.25) is 24.2 Å². The standard InChI is InChI=1S/C12H22O4.C11H19N3O5/c1-3-5-13-7-9-15-11-12-16-10-8-14-6-4-2;15-9-13-4-1-12(2-5-13)3-6-14(7-10(16)17)8-11(18)19/h1H,4-12H2,2H3;9H,1-8H2,(H,16,17)(H,18,19). The van der Waals surface area contributed by atoms with Gasteiger partial charge in [0.15, 0.2) is 0 Å². The predicted octanol–water partition coefficient (Wildman–Crippen LogP) is -0.672. The van der Waals surface area contributed by atoms with E-state index in [9.17, 15) is 14.4 Å². The third kappa shape index (κ3) is 22.0. The van der Waals surface area contributed by atoms with Gasteiger partial charge in [-0.1, -0.05) is 12.8 Å². The smallest absolute Gasteiger partial charge is 0.317 e. The molecular formula is C23H41N3O9. The van der Waals surface area contributed by atoms with Gasteiger partial charge in [0.25, 0.3) is 0 Å². The first kappa shape index (κ1) is 32.7. The van der Waals surface area contributed by atoms with Gasteiger partial charge in [0.1, 0.15) is 6.61 Å². The zero-order chi connectivity index (χ0) is 26.2. The van der Waals surface area contributed by atoms with E-state index in [0.29, 0.717) is 72.4 Å². The van der Waals surface area contributed by atoms with Gasteiger partial charge in [0.05, 0.1) is 52.7 Å². The normalized spacial score (nSPS) is 13.7. The Balaban J connectivity index is 0.000000672. The van der Waals surface area contributed by atoms with Crippen LogP contribution in [0.25, 0.3) is 0 Å². The van der Waals surface area contributed by atoms with Crippen LogP contribution in [0.5, 0.6) is 0 Å². The van der Waals surface area contributed by atoms with Crippen molar-refractivity contribution in [2.45, 2.75) is 13.3 Å². The molecule has 0 saturated carbocycles. The molecule has 0 aromatic heterocycles. The molecule has 0 aromatic carbocycles. The van der Waals surface area contributed by atoms with Crippen LogP contribution in [0.4, 0.5) is 0 Å². The summed E-state index contributed by atoms with van der Waals surface area (Å²) in [6, 6.07) is 0. The Hall–Kier alpha value is -2.27. The molecule has 0 aliphatic carbocycles. The summed E-state index contributed by atoms with van der Waals surface area (Å²) in [6.45, 7) is 9.95. The van der Waals surface area contributed by atoms with Crippen molar-refractivity contribution in [1.29, 1.82) is 0 Å². The third-order valence-corrected chi connectivity index (χ3v) is 4.66. The summed E-state index contributed by atoms with van der Waals surface area (Å²) in [4.78, 5) is 37.0. The molecule has 0 spiro atoms. The van der Waals surface area contributed by atoms with E-state index in [2.05, 4.69) is 17.7 Å².